The fourth-order valence-corrected chi connectivity index (χ4v) is 1.71. The van der Waals surface area contributed by atoms with Crippen LogP contribution in [0.4, 0.5) is 5.13 Å². The smallest absolute Gasteiger partial charge is 0.184 e. The van der Waals surface area contributed by atoms with Crippen LogP contribution in [0, 0.1) is 0 Å². The second kappa shape index (κ2) is 3.87. The Bertz CT molecular complexity index is 244. The maximum Gasteiger partial charge on any atom is 0.184 e. The third kappa shape index (κ3) is 1.95. The van der Waals surface area contributed by atoms with Crippen molar-refractivity contribution in [3.8, 4) is 0 Å². The standard InChI is InChI=1S/C8H15N3S/c1-6(4-9)7-5-12-8(10-7)11(2)3/h5-6H,4,9H2,1-3H3. The summed E-state index contributed by atoms with van der Waals surface area (Å²) in [6.45, 7) is 2.76. The third-order valence-corrected chi connectivity index (χ3v) is 2.78. The summed E-state index contributed by atoms with van der Waals surface area (Å²) >= 11 is 1.66. The lowest BCUT2D eigenvalue weighted by Gasteiger charge is -2.07. The van der Waals surface area contributed by atoms with Crippen molar-refractivity contribution >= 4 is 16.5 Å². The van der Waals surface area contributed by atoms with E-state index in [1.54, 1.807) is 11.3 Å². The summed E-state index contributed by atoms with van der Waals surface area (Å²) in [4.78, 5) is 6.46. The zero-order valence-electron chi connectivity index (χ0n) is 7.74. The molecule has 1 atom stereocenters. The van der Waals surface area contributed by atoms with Crippen molar-refractivity contribution in [3.05, 3.63) is 11.1 Å². The number of nitrogens with two attached hydrogens (primary N) is 1. The number of nitrogens with zero attached hydrogens (tertiary/aromatic N) is 2. The molecule has 0 aliphatic carbocycles. The van der Waals surface area contributed by atoms with Crippen molar-refractivity contribution < 1.29 is 0 Å². The largest absolute Gasteiger partial charge is 0.354 e. The molecule has 1 rings (SSSR count). The van der Waals surface area contributed by atoms with E-state index in [-0.39, 0.29) is 0 Å². The van der Waals surface area contributed by atoms with E-state index in [9.17, 15) is 0 Å². The Balaban J connectivity index is 2.77. The van der Waals surface area contributed by atoms with Crippen LogP contribution in [0.2, 0.25) is 0 Å². The van der Waals surface area contributed by atoms with Gasteiger partial charge in [0.05, 0.1) is 5.69 Å². The van der Waals surface area contributed by atoms with Crippen LogP contribution in [0.5, 0.6) is 0 Å². The highest BCUT2D eigenvalue weighted by Gasteiger charge is 2.08. The monoisotopic (exact) mass is 185 g/mol. The molecule has 1 unspecified atom stereocenters. The fraction of sp³-hybridized carbons (Fsp3) is 0.625. The predicted octanol–water partition coefficient (Wildman–Crippen LogP) is 1.27. The minimum Gasteiger partial charge on any atom is -0.354 e. The molecule has 0 bridgehead atoms. The highest BCUT2D eigenvalue weighted by Crippen LogP contribution is 2.22. The first-order valence-electron chi connectivity index (χ1n) is 3.98. The number of thiazole rings is 1. The Morgan fingerprint density at radius 2 is 2.33 bits per heavy atom. The normalized spacial score (nSPS) is 13.0. The molecule has 1 aromatic heterocycles. The van der Waals surface area contributed by atoms with Crippen LogP contribution in [0.3, 0.4) is 0 Å². The van der Waals surface area contributed by atoms with Gasteiger partial charge in [-0.1, -0.05) is 6.92 Å². The Kier molecular flexibility index (Phi) is 3.05. The summed E-state index contributed by atoms with van der Waals surface area (Å²) in [7, 11) is 3.99. The van der Waals surface area contributed by atoms with Gasteiger partial charge in [0.25, 0.3) is 0 Å². The Morgan fingerprint density at radius 1 is 1.67 bits per heavy atom. The number of hydrogen-bond donors (Lipinski definition) is 1. The molecule has 0 radical (unpaired) electrons. The first kappa shape index (κ1) is 9.48. The van der Waals surface area contributed by atoms with Gasteiger partial charge in [0.15, 0.2) is 5.13 Å². The lowest BCUT2D eigenvalue weighted by atomic mass is 10.1. The molecule has 0 aliphatic rings. The van der Waals surface area contributed by atoms with E-state index in [2.05, 4.69) is 17.3 Å². The molecule has 1 aromatic rings. The van der Waals surface area contributed by atoms with Gasteiger partial charge in [-0.2, -0.15) is 0 Å². The molecule has 0 saturated carbocycles. The summed E-state index contributed by atoms with van der Waals surface area (Å²) in [5.41, 5.74) is 6.64. The molecular formula is C8H15N3S. The first-order valence-corrected chi connectivity index (χ1v) is 4.86. The number of hydrogen-bond acceptors (Lipinski definition) is 4. The maximum absolute atomic E-state index is 5.54. The van der Waals surface area contributed by atoms with Crippen LogP contribution in [-0.2, 0) is 0 Å². The second-order valence-corrected chi connectivity index (χ2v) is 3.92. The van der Waals surface area contributed by atoms with Crippen molar-refractivity contribution in [2.75, 3.05) is 25.5 Å². The third-order valence-electron chi connectivity index (χ3n) is 1.75. The molecule has 0 aliphatic heterocycles. The van der Waals surface area contributed by atoms with Gasteiger partial charge in [0, 0.05) is 31.9 Å². The molecule has 0 spiro atoms. The summed E-state index contributed by atoms with van der Waals surface area (Å²) in [6, 6.07) is 0. The molecule has 1 heterocycles. The molecule has 0 fully saturated rings. The summed E-state index contributed by atoms with van der Waals surface area (Å²) in [6.07, 6.45) is 0. The van der Waals surface area contributed by atoms with E-state index in [4.69, 9.17) is 5.73 Å². The van der Waals surface area contributed by atoms with Crippen LogP contribution >= 0.6 is 11.3 Å². The number of aromatic nitrogens is 1. The van der Waals surface area contributed by atoms with Gasteiger partial charge in [-0.25, -0.2) is 4.98 Å². The SMILES string of the molecule is CC(CN)c1csc(N(C)C)n1. The van der Waals surface area contributed by atoms with Gasteiger partial charge in [-0.3, -0.25) is 0 Å². The van der Waals surface area contributed by atoms with E-state index in [0.29, 0.717) is 12.5 Å². The average molecular weight is 185 g/mol. The first-order chi connectivity index (χ1) is 5.65. The van der Waals surface area contributed by atoms with Crippen molar-refractivity contribution in [1.29, 1.82) is 0 Å². The van der Waals surface area contributed by atoms with Gasteiger partial charge < -0.3 is 10.6 Å². The topological polar surface area (TPSA) is 42.1 Å². The van der Waals surface area contributed by atoms with Crippen molar-refractivity contribution in [3.63, 3.8) is 0 Å². The van der Waals surface area contributed by atoms with Gasteiger partial charge in [-0.15, -0.1) is 11.3 Å². The summed E-state index contributed by atoms with van der Waals surface area (Å²) in [5.74, 6) is 0.370. The molecule has 4 heteroatoms. The summed E-state index contributed by atoms with van der Waals surface area (Å²) < 4.78 is 0. The van der Waals surface area contributed by atoms with E-state index in [0.717, 1.165) is 10.8 Å². The van der Waals surface area contributed by atoms with Crippen LogP contribution < -0.4 is 10.6 Å². The van der Waals surface area contributed by atoms with Gasteiger partial charge in [0.1, 0.15) is 0 Å². The molecule has 68 valence electrons. The minimum atomic E-state index is 0.370. The van der Waals surface area contributed by atoms with Gasteiger partial charge >= 0.3 is 0 Å². The quantitative estimate of drug-likeness (QED) is 0.771. The minimum absolute atomic E-state index is 0.370. The predicted molar refractivity (Wildman–Crippen MR) is 53.9 cm³/mol. The lowest BCUT2D eigenvalue weighted by molar-refractivity contribution is 0.751. The average Bonchev–Trinajstić information content (AvgIpc) is 2.51. The molecule has 0 saturated heterocycles. The highest BCUT2D eigenvalue weighted by atomic mass is 32.1. The second-order valence-electron chi connectivity index (χ2n) is 3.09. The van der Waals surface area contributed by atoms with Gasteiger partial charge in [-0.05, 0) is 0 Å². The van der Waals surface area contributed by atoms with Crippen molar-refractivity contribution in [2.24, 2.45) is 5.73 Å². The zero-order valence-corrected chi connectivity index (χ0v) is 8.56. The fourth-order valence-electron chi connectivity index (χ4n) is 0.829. The number of anilines is 1. The zero-order chi connectivity index (χ0) is 9.14. The molecule has 0 amide bonds. The van der Waals surface area contributed by atoms with E-state index in [1.807, 2.05) is 19.0 Å². The van der Waals surface area contributed by atoms with E-state index >= 15 is 0 Å². The number of rotatable bonds is 3. The van der Waals surface area contributed by atoms with Gasteiger partial charge in [0.2, 0.25) is 0 Å². The maximum atomic E-state index is 5.54. The molecule has 0 aromatic carbocycles. The molecule has 2 N–H and O–H groups in total. The van der Waals surface area contributed by atoms with Crippen LogP contribution in [0.1, 0.15) is 18.5 Å². The Labute approximate surface area is 77.2 Å². The van der Waals surface area contributed by atoms with Crippen molar-refractivity contribution in [1.82, 2.24) is 4.98 Å². The molecule has 3 nitrogen and oxygen atoms in total. The van der Waals surface area contributed by atoms with E-state index < -0.39 is 0 Å². The molecular weight excluding hydrogens is 170 g/mol. The van der Waals surface area contributed by atoms with Crippen LogP contribution in [0.25, 0.3) is 0 Å². The summed E-state index contributed by atoms with van der Waals surface area (Å²) in [5, 5.41) is 3.12. The Morgan fingerprint density at radius 3 is 2.75 bits per heavy atom. The highest BCUT2D eigenvalue weighted by molar-refractivity contribution is 7.13. The molecule has 12 heavy (non-hydrogen) atoms. The van der Waals surface area contributed by atoms with Crippen LogP contribution in [0.15, 0.2) is 5.38 Å². The lowest BCUT2D eigenvalue weighted by Crippen LogP contribution is -2.11. The van der Waals surface area contributed by atoms with Crippen LogP contribution in [-0.4, -0.2) is 25.6 Å². The van der Waals surface area contributed by atoms with E-state index in [1.165, 1.54) is 0 Å². The van der Waals surface area contributed by atoms with Crippen molar-refractivity contribution in [2.45, 2.75) is 12.8 Å². The Hall–Kier alpha value is -0.610.